The number of alkyl halides is 3. The molecule has 2 rings (SSSR count). The van der Waals surface area contributed by atoms with Gasteiger partial charge in [-0.3, -0.25) is 9.52 Å². The normalized spacial score (nSPS) is 34.5. The number of hydrogen-bond acceptors (Lipinski definition) is 4. The third-order valence-corrected chi connectivity index (χ3v) is 5.95. The van der Waals surface area contributed by atoms with E-state index in [1.54, 1.807) is 4.72 Å². The minimum absolute atomic E-state index is 0.221. The molecule has 0 heterocycles. The Balaban J connectivity index is 2.04. The van der Waals surface area contributed by atoms with Gasteiger partial charge in [-0.15, -0.1) is 0 Å². The Morgan fingerprint density at radius 3 is 2.35 bits per heavy atom. The van der Waals surface area contributed by atoms with Crippen LogP contribution in [0.3, 0.4) is 0 Å². The zero-order chi connectivity index (χ0) is 13.1. The molecule has 0 aromatic heterocycles. The Bertz CT molecular complexity index is 465. The highest BCUT2D eigenvalue weighted by Gasteiger charge is 2.63. The number of nitrogens with two attached hydrogens (primary N) is 1. The predicted molar refractivity (Wildman–Crippen MR) is 55.9 cm³/mol. The second-order valence-electron chi connectivity index (χ2n) is 4.50. The summed E-state index contributed by atoms with van der Waals surface area (Å²) in [5.41, 5.74) is 3.62. The Morgan fingerprint density at radius 1 is 1.47 bits per heavy atom. The van der Waals surface area contributed by atoms with Crippen molar-refractivity contribution in [2.75, 3.05) is 0 Å². The van der Waals surface area contributed by atoms with Crippen LogP contribution in [-0.2, 0) is 14.8 Å². The lowest BCUT2D eigenvalue weighted by atomic mass is 10.2. The fourth-order valence-electron chi connectivity index (χ4n) is 1.56. The summed E-state index contributed by atoms with van der Waals surface area (Å²) in [6.07, 6.45) is -2.50. The lowest BCUT2D eigenvalue weighted by Crippen LogP contribution is -2.49. The van der Waals surface area contributed by atoms with Crippen LogP contribution >= 0.6 is 11.6 Å². The SMILES string of the molecule is N[C@]1(C(=O)NS(=O)(=O)C2(Cl)CC2)CC1C(F)F. The van der Waals surface area contributed by atoms with Crippen molar-refractivity contribution >= 4 is 27.5 Å². The molecule has 5 nitrogen and oxygen atoms in total. The van der Waals surface area contributed by atoms with Crippen LogP contribution in [0.4, 0.5) is 8.78 Å². The van der Waals surface area contributed by atoms with E-state index < -0.39 is 38.0 Å². The monoisotopic (exact) mass is 288 g/mol. The van der Waals surface area contributed by atoms with Crippen molar-refractivity contribution in [3.05, 3.63) is 0 Å². The topological polar surface area (TPSA) is 89.3 Å². The van der Waals surface area contributed by atoms with Crippen molar-refractivity contribution < 1.29 is 22.0 Å². The maximum absolute atomic E-state index is 12.3. The number of sulfonamides is 1. The van der Waals surface area contributed by atoms with Gasteiger partial charge in [0, 0.05) is 5.92 Å². The lowest BCUT2D eigenvalue weighted by molar-refractivity contribution is -0.122. The molecule has 2 atom stereocenters. The molecule has 17 heavy (non-hydrogen) atoms. The summed E-state index contributed by atoms with van der Waals surface area (Å²) in [6, 6.07) is 0. The number of nitrogens with one attached hydrogen (secondary N) is 1. The predicted octanol–water partition coefficient (Wildman–Crippen LogP) is 0.144. The molecule has 2 aliphatic rings. The summed E-state index contributed by atoms with van der Waals surface area (Å²) in [4.78, 5) is 11.5. The molecule has 2 fully saturated rings. The molecular weight excluding hydrogens is 278 g/mol. The first-order valence-corrected chi connectivity index (χ1v) is 6.81. The van der Waals surface area contributed by atoms with Gasteiger partial charge in [0.25, 0.3) is 15.9 Å². The first kappa shape index (κ1) is 13.0. The van der Waals surface area contributed by atoms with Gasteiger partial charge in [-0.25, -0.2) is 17.2 Å². The summed E-state index contributed by atoms with van der Waals surface area (Å²) in [5, 5.41) is 0. The maximum Gasteiger partial charge on any atom is 0.254 e. The fourth-order valence-corrected chi connectivity index (χ4v) is 3.02. The molecule has 9 heteroatoms. The van der Waals surface area contributed by atoms with Gasteiger partial charge in [0.15, 0.2) is 4.21 Å². The van der Waals surface area contributed by atoms with E-state index in [9.17, 15) is 22.0 Å². The smallest absolute Gasteiger partial charge is 0.254 e. The van der Waals surface area contributed by atoms with Crippen LogP contribution in [0.25, 0.3) is 0 Å². The Morgan fingerprint density at radius 2 is 2.00 bits per heavy atom. The van der Waals surface area contributed by atoms with Crippen molar-refractivity contribution in [2.45, 2.75) is 35.4 Å². The summed E-state index contributed by atoms with van der Waals surface area (Å²) in [6.45, 7) is 0. The molecular formula is C8H11ClF2N2O3S. The number of halogens is 3. The van der Waals surface area contributed by atoms with E-state index in [1.165, 1.54) is 0 Å². The van der Waals surface area contributed by atoms with Crippen molar-refractivity contribution in [2.24, 2.45) is 11.7 Å². The highest BCUT2D eigenvalue weighted by atomic mass is 35.5. The molecule has 0 aliphatic heterocycles. The summed E-state index contributed by atoms with van der Waals surface area (Å²) < 4.78 is 48.0. The number of rotatable bonds is 4. The van der Waals surface area contributed by atoms with E-state index in [0.717, 1.165) is 0 Å². The first-order valence-electron chi connectivity index (χ1n) is 4.95. The highest BCUT2D eigenvalue weighted by Crippen LogP contribution is 2.49. The Hall–Kier alpha value is -0.470. The van der Waals surface area contributed by atoms with Crippen molar-refractivity contribution in [3.63, 3.8) is 0 Å². The van der Waals surface area contributed by atoms with E-state index in [4.69, 9.17) is 17.3 Å². The van der Waals surface area contributed by atoms with Crippen molar-refractivity contribution in [1.29, 1.82) is 0 Å². The second-order valence-corrected chi connectivity index (χ2v) is 7.44. The van der Waals surface area contributed by atoms with Gasteiger partial charge in [-0.2, -0.15) is 0 Å². The van der Waals surface area contributed by atoms with Gasteiger partial charge < -0.3 is 5.73 Å². The van der Waals surface area contributed by atoms with Gasteiger partial charge in [0.05, 0.1) is 0 Å². The van der Waals surface area contributed by atoms with E-state index in [-0.39, 0.29) is 19.3 Å². The molecule has 2 saturated carbocycles. The zero-order valence-electron chi connectivity index (χ0n) is 8.62. The maximum atomic E-state index is 12.3. The lowest BCUT2D eigenvalue weighted by Gasteiger charge is -2.14. The summed E-state index contributed by atoms with van der Waals surface area (Å²) in [7, 11) is -4.04. The third kappa shape index (κ3) is 2.02. The number of carbonyl (C=O) groups is 1. The zero-order valence-corrected chi connectivity index (χ0v) is 10.2. The van der Waals surface area contributed by atoms with E-state index >= 15 is 0 Å². The van der Waals surface area contributed by atoms with E-state index in [2.05, 4.69) is 0 Å². The summed E-state index contributed by atoms with van der Waals surface area (Å²) in [5.74, 6) is -2.39. The number of carbonyl (C=O) groups excluding carboxylic acids is 1. The van der Waals surface area contributed by atoms with Gasteiger partial charge in [0.2, 0.25) is 6.43 Å². The van der Waals surface area contributed by atoms with Crippen molar-refractivity contribution in [1.82, 2.24) is 4.72 Å². The molecule has 0 aromatic rings. The van der Waals surface area contributed by atoms with Crippen LogP contribution in [0.15, 0.2) is 0 Å². The van der Waals surface area contributed by atoms with Gasteiger partial charge >= 0.3 is 0 Å². The molecule has 0 saturated heterocycles. The first-order chi connectivity index (χ1) is 7.62. The molecule has 98 valence electrons. The average molecular weight is 289 g/mol. The fraction of sp³-hybridized carbons (Fsp3) is 0.875. The van der Waals surface area contributed by atoms with E-state index in [0.29, 0.717) is 0 Å². The van der Waals surface area contributed by atoms with Gasteiger partial charge in [-0.1, -0.05) is 11.6 Å². The molecule has 3 N–H and O–H groups in total. The number of hydrogen-bond donors (Lipinski definition) is 2. The molecule has 0 spiro atoms. The minimum Gasteiger partial charge on any atom is -0.317 e. The molecule has 1 unspecified atom stereocenters. The third-order valence-electron chi connectivity index (χ3n) is 3.14. The van der Waals surface area contributed by atoms with Gasteiger partial charge in [0.1, 0.15) is 5.54 Å². The minimum atomic E-state index is -4.04. The van der Waals surface area contributed by atoms with Crippen LogP contribution in [0, 0.1) is 5.92 Å². The summed E-state index contributed by atoms with van der Waals surface area (Å²) >= 11 is 5.66. The van der Waals surface area contributed by atoms with Crippen molar-refractivity contribution in [3.8, 4) is 0 Å². The molecule has 2 aliphatic carbocycles. The average Bonchev–Trinajstić information content (AvgIpc) is 3.04. The standard InChI is InChI=1S/C8H11ClF2N2O3S/c9-7(1-2-7)17(15,16)13-6(14)8(12)3-4(8)5(10)11/h4-5H,1-3,12H2,(H,13,14)/t4?,8-/m1/s1. The van der Waals surface area contributed by atoms with Crippen LogP contribution in [0.5, 0.6) is 0 Å². The van der Waals surface area contributed by atoms with Crippen LogP contribution in [0.2, 0.25) is 0 Å². The van der Waals surface area contributed by atoms with Gasteiger partial charge in [-0.05, 0) is 19.3 Å². The quantitative estimate of drug-likeness (QED) is 0.720. The Labute approximate surface area is 102 Å². The molecule has 0 bridgehead atoms. The molecule has 1 amide bonds. The molecule has 0 radical (unpaired) electrons. The van der Waals surface area contributed by atoms with E-state index in [1.807, 2.05) is 0 Å². The van der Waals surface area contributed by atoms with Crippen LogP contribution in [0.1, 0.15) is 19.3 Å². The second kappa shape index (κ2) is 3.52. The molecule has 0 aromatic carbocycles. The Kier molecular flexibility index (Phi) is 2.68. The van der Waals surface area contributed by atoms with Crippen LogP contribution < -0.4 is 10.5 Å². The largest absolute Gasteiger partial charge is 0.317 e. The highest BCUT2D eigenvalue weighted by molar-refractivity contribution is 7.93. The number of amides is 1. The van der Waals surface area contributed by atoms with Crippen LogP contribution in [-0.4, -0.2) is 30.5 Å².